The molecule has 8 heteroatoms. The number of hydrogen-bond donors (Lipinski definition) is 1. The van der Waals surface area contributed by atoms with Gasteiger partial charge in [-0.25, -0.2) is 4.79 Å². The van der Waals surface area contributed by atoms with Crippen LogP contribution in [0, 0.1) is 11.3 Å². The number of carbonyl (C=O) groups is 1. The summed E-state index contributed by atoms with van der Waals surface area (Å²) >= 11 is 0. The van der Waals surface area contributed by atoms with E-state index in [0.29, 0.717) is 34.5 Å². The molecule has 0 fully saturated rings. The van der Waals surface area contributed by atoms with Crippen molar-refractivity contribution in [1.82, 2.24) is 4.98 Å². The normalized spacial score (nSPS) is 15.8. The topological polar surface area (TPSA) is 109 Å². The molecule has 1 aliphatic heterocycles. The number of oxazole rings is 1. The van der Waals surface area contributed by atoms with Gasteiger partial charge >= 0.3 is 5.97 Å². The first-order valence-corrected chi connectivity index (χ1v) is 8.58. The SMILES string of the molecule is COC(=O)[C@@H]1Cc2c(ccc(OC)c2O)CN1c1nc2ccc(C#N)cc2o1. The standard InChI is InChI=1S/C20H17N3O5/c1-26-16-6-4-12-10-23(15(19(25)27-2)8-13(12)18(16)24)20-22-14-5-3-11(9-21)7-17(14)28-20/h3-7,15,24H,8,10H2,1-2H3/t15-/m0/s1. The van der Waals surface area contributed by atoms with Crippen molar-refractivity contribution in [2.24, 2.45) is 0 Å². The molecule has 0 amide bonds. The molecule has 2 aromatic carbocycles. The summed E-state index contributed by atoms with van der Waals surface area (Å²) in [5.74, 6) is -0.0978. The van der Waals surface area contributed by atoms with Crippen molar-refractivity contribution >= 4 is 23.1 Å². The van der Waals surface area contributed by atoms with Crippen molar-refractivity contribution in [3.05, 3.63) is 47.0 Å². The first kappa shape index (κ1) is 17.7. The molecule has 0 spiro atoms. The molecule has 0 aliphatic carbocycles. The number of ether oxygens (including phenoxy) is 2. The van der Waals surface area contributed by atoms with Crippen LogP contribution in [0.25, 0.3) is 11.1 Å². The van der Waals surface area contributed by atoms with E-state index in [1.54, 1.807) is 29.2 Å². The molecule has 1 aliphatic rings. The van der Waals surface area contributed by atoms with E-state index in [1.807, 2.05) is 6.07 Å². The highest BCUT2D eigenvalue weighted by Crippen LogP contribution is 2.39. The monoisotopic (exact) mass is 379 g/mol. The molecule has 0 bridgehead atoms. The highest BCUT2D eigenvalue weighted by atomic mass is 16.5. The van der Waals surface area contributed by atoms with Gasteiger partial charge in [-0.2, -0.15) is 10.2 Å². The molecule has 2 heterocycles. The van der Waals surface area contributed by atoms with Gasteiger partial charge in [0, 0.05) is 24.6 Å². The predicted molar refractivity (Wildman–Crippen MR) is 99.1 cm³/mol. The third-order valence-electron chi connectivity index (χ3n) is 4.90. The van der Waals surface area contributed by atoms with Crippen LogP contribution in [0.1, 0.15) is 16.7 Å². The van der Waals surface area contributed by atoms with Gasteiger partial charge in [0.05, 0.1) is 25.9 Å². The summed E-state index contributed by atoms with van der Waals surface area (Å²) in [6.07, 6.45) is 0.215. The van der Waals surface area contributed by atoms with Crippen LogP contribution >= 0.6 is 0 Å². The fraction of sp³-hybridized carbons (Fsp3) is 0.250. The van der Waals surface area contributed by atoms with Crippen molar-refractivity contribution in [1.29, 1.82) is 5.26 Å². The van der Waals surface area contributed by atoms with Crippen molar-refractivity contribution in [3.8, 4) is 17.6 Å². The zero-order valence-electron chi connectivity index (χ0n) is 15.3. The Labute approximate surface area is 160 Å². The first-order chi connectivity index (χ1) is 13.5. The zero-order chi connectivity index (χ0) is 19.8. The molecule has 0 saturated heterocycles. The van der Waals surface area contributed by atoms with Gasteiger partial charge in [-0.1, -0.05) is 6.07 Å². The molecule has 0 saturated carbocycles. The zero-order valence-corrected chi connectivity index (χ0v) is 15.3. The maximum atomic E-state index is 12.5. The van der Waals surface area contributed by atoms with Crippen LogP contribution in [0.2, 0.25) is 0 Å². The number of anilines is 1. The quantitative estimate of drug-likeness (QED) is 0.692. The lowest BCUT2D eigenvalue weighted by atomic mass is 9.93. The summed E-state index contributed by atoms with van der Waals surface area (Å²) in [4.78, 5) is 18.6. The van der Waals surface area contributed by atoms with Crippen LogP contribution < -0.4 is 9.64 Å². The molecular formula is C20H17N3O5. The summed E-state index contributed by atoms with van der Waals surface area (Å²) < 4.78 is 16.0. The van der Waals surface area contributed by atoms with Crippen LogP contribution in [0.3, 0.4) is 0 Å². The number of carbonyl (C=O) groups excluding carboxylic acids is 1. The number of benzene rings is 2. The van der Waals surface area contributed by atoms with Gasteiger partial charge in [-0.05, 0) is 23.8 Å². The van der Waals surface area contributed by atoms with Gasteiger partial charge in [0.25, 0.3) is 6.01 Å². The number of rotatable bonds is 3. The third-order valence-corrected chi connectivity index (χ3v) is 4.90. The Kier molecular flexibility index (Phi) is 4.28. The molecule has 1 N–H and O–H groups in total. The minimum atomic E-state index is -0.723. The van der Waals surface area contributed by atoms with E-state index in [2.05, 4.69) is 11.1 Å². The Bertz CT molecular complexity index is 1110. The third kappa shape index (κ3) is 2.77. The van der Waals surface area contributed by atoms with E-state index in [1.165, 1.54) is 14.2 Å². The number of nitriles is 1. The fourth-order valence-electron chi connectivity index (χ4n) is 3.45. The number of phenols is 1. The Morgan fingerprint density at radius 1 is 1.36 bits per heavy atom. The van der Waals surface area contributed by atoms with E-state index >= 15 is 0 Å². The smallest absolute Gasteiger partial charge is 0.329 e. The summed E-state index contributed by atoms with van der Waals surface area (Å²) in [5.41, 5.74) is 2.97. The maximum Gasteiger partial charge on any atom is 0.329 e. The summed E-state index contributed by atoms with van der Waals surface area (Å²) in [6, 6.07) is 10.1. The van der Waals surface area contributed by atoms with E-state index in [9.17, 15) is 9.90 Å². The molecule has 28 heavy (non-hydrogen) atoms. The van der Waals surface area contributed by atoms with Crippen molar-refractivity contribution in [3.63, 3.8) is 0 Å². The van der Waals surface area contributed by atoms with Gasteiger partial charge in [-0.3, -0.25) is 0 Å². The van der Waals surface area contributed by atoms with Gasteiger partial charge in [-0.15, -0.1) is 0 Å². The minimum absolute atomic E-state index is 0.0183. The number of fused-ring (bicyclic) bond motifs is 2. The summed E-state index contributed by atoms with van der Waals surface area (Å²) in [5, 5.41) is 19.5. The van der Waals surface area contributed by atoms with Crippen LogP contribution in [0.5, 0.6) is 11.5 Å². The van der Waals surface area contributed by atoms with E-state index in [4.69, 9.17) is 19.2 Å². The molecular weight excluding hydrogens is 362 g/mol. The Balaban J connectivity index is 1.80. The molecule has 8 nitrogen and oxygen atoms in total. The van der Waals surface area contributed by atoms with Gasteiger partial charge < -0.3 is 23.9 Å². The van der Waals surface area contributed by atoms with Gasteiger partial charge in [0.2, 0.25) is 0 Å². The summed E-state index contributed by atoms with van der Waals surface area (Å²) in [7, 11) is 2.79. The number of aromatic hydroxyl groups is 1. The highest BCUT2D eigenvalue weighted by Gasteiger charge is 2.37. The highest BCUT2D eigenvalue weighted by molar-refractivity contribution is 5.82. The van der Waals surface area contributed by atoms with Crippen LogP contribution in [-0.4, -0.2) is 36.3 Å². The fourth-order valence-corrected chi connectivity index (χ4v) is 3.45. The molecule has 1 aromatic heterocycles. The van der Waals surface area contributed by atoms with Crippen LogP contribution in [0.15, 0.2) is 34.7 Å². The largest absolute Gasteiger partial charge is 0.504 e. The van der Waals surface area contributed by atoms with E-state index in [-0.39, 0.29) is 18.2 Å². The number of phenolic OH excluding ortho intramolecular Hbond substituents is 1. The second-order valence-electron chi connectivity index (χ2n) is 6.42. The lowest BCUT2D eigenvalue weighted by Gasteiger charge is -2.34. The molecule has 142 valence electrons. The number of methoxy groups -OCH3 is 2. The Morgan fingerprint density at radius 3 is 2.89 bits per heavy atom. The van der Waals surface area contributed by atoms with Gasteiger partial charge in [0.15, 0.2) is 17.1 Å². The molecule has 1 atom stereocenters. The number of hydrogen-bond acceptors (Lipinski definition) is 8. The lowest BCUT2D eigenvalue weighted by Crippen LogP contribution is -2.46. The average molecular weight is 379 g/mol. The van der Waals surface area contributed by atoms with E-state index < -0.39 is 12.0 Å². The van der Waals surface area contributed by atoms with Crippen molar-refractivity contribution < 1.29 is 23.8 Å². The minimum Gasteiger partial charge on any atom is -0.504 e. The van der Waals surface area contributed by atoms with Gasteiger partial charge in [0.1, 0.15) is 11.6 Å². The molecule has 0 unspecified atom stereocenters. The lowest BCUT2D eigenvalue weighted by molar-refractivity contribution is -0.142. The number of aromatic nitrogens is 1. The molecule has 0 radical (unpaired) electrons. The average Bonchev–Trinajstić information content (AvgIpc) is 3.15. The molecule has 3 aromatic rings. The van der Waals surface area contributed by atoms with E-state index in [0.717, 1.165) is 5.56 Å². The van der Waals surface area contributed by atoms with Crippen molar-refractivity contribution in [2.75, 3.05) is 19.1 Å². The number of nitrogens with zero attached hydrogens (tertiary/aromatic N) is 3. The Morgan fingerprint density at radius 2 is 2.18 bits per heavy atom. The predicted octanol–water partition coefficient (Wildman–Crippen LogP) is 2.52. The van der Waals surface area contributed by atoms with Crippen molar-refractivity contribution in [2.45, 2.75) is 19.0 Å². The second kappa shape index (κ2) is 6.78. The Hall–Kier alpha value is -3.73. The second-order valence-corrected chi connectivity index (χ2v) is 6.42. The first-order valence-electron chi connectivity index (χ1n) is 8.58. The van der Waals surface area contributed by atoms with Crippen LogP contribution in [0.4, 0.5) is 6.01 Å². The maximum absolute atomic E-state index is 12.5. The molecule has 4 rings (SSSR count). The number of esters is 1. The van der Waals surface area contributed by atoms with Crippen LogP contribution in [-0.2, 0) is 22.5 Å². The summed E-state index contributed by atoms with van der Waals surface area (Å²) in [6.45, 7) is 0.296.